The topological polar surface area (TPSA) is 97.4 Å². The van der Waals surface area contributed by atoms with E-state index in [-0.39, 0.29) is 4.90 Å². The summed E-state index contributed by atoms with van der Waals surface area (Å²) >= 11 is 1.59. The van der Waals surface area contributed by atoms with Crippen LogP contribution in [0.25, 0.3) is 0 Å². The van der Waals surface area contributed by atoms with Gasteiger partial charge in [-0.25, -0.2) is 12.7 Å². The van der Waals surface area contributed by atoms with E-state index in [0.29, 0.717) is 43.7 Å². The fraction of sp³-hybridized carbons (Fsp3) is 0.391. The van der Waals surface area contributed by atoms with Crippen LogP contribution in [0.4, 0.5) is 0 Å². The lowest BCUT2D eigenvalue weighted by atomic mass is 10.0. The Morgan fingerprint density at radius 3 is 1.97 bits per heavy atom. The van der Waals surface area contributed by atoms with E-state index in [1.165, 1.54) is 28.6 Å². The van der Waals surface area contributed by atoms with Crippen LogP contribution in [-0.2, 0) is 14.8 Å². The molecule has 32 heavy (non-hydrogen) atoms. The van der Waals surface area contributed by atoms with Crippen molar-refractivity contribution in [2.45, 2.75) is 42.2 Å². The largest absolute Gasteiger partial charge is 0.358 e. The molecule has 2 heterocycles. The molecular formula is C23H26N4O3S2. The molecule has 0 radical (unpaired) electrons. The van der Waals surface area contributed by atoms with Gasteiger partial charge in [0, 0.05) is 37.4 Å². The summed E-state index contributed by atoms with van der Waals surface area (Å²) in [6, 6.07) is 17.5. The van der Waals surface area contributed by atoms with Crippen LogP contribution in [0.1, 0.15) is 37.8 Å². The molecule has 9 heteroatoms. The first kappa shape index (κ1) is 24.2. The first-order chi connectivity index (χ1) is 15.5. The van der Waals surface area contributed by atoms with Crippen molar-refractivity contribution in [3.63, 3.8) is 0 Å². The molecule has 0 bridgehead atoms. The number of hydrogen-bond acceptors (Lipinski definition) is 7. The van der Waals surface area contributed by atoms with E-state index in [0.717, 1.165) is 11.4 Å². The summed E-state index contributed by atoms with van der Waals surface area (Å²) in [6.07, 6.45) is 1.15. The Hall–Kier alpha value is -2.40. The normalized spacial score (nSPS) is 18.4. The highest BCUT2D eigenvalue weighted by molar-refractivity contribution is 7.97. The lowest BCUT2D eigenvalue weighted by molar-refractivity contribution is -0.0775. The van der Waals surface area contributed by atoms with E-state index < -0.39 is 15.7 Å². The number of ether oxygens (including phenoxy) is 1. The van der Waals surface area contributed by atoms with Crippen LogP contribution in [0.15, 0.2) is 58.3 Å². The molecule has 0 atom stereocenters. The van der Waals surface area contributed by atoms with Gasteiger partial charge < -0.3 is 4.74 Å². The predicted octanol–water partition coefficient (Wildman–Crippen LogP) is 3.98. The zero-order valence-corrected chi connectivity index (χ0v) is 19.8. The molecule has 4 rings (SSSR count). The van der Waals surface area contributed by atoms with E-state index in [9.17, 15) is 8.42 Å². The molecule has 0 N–H and O–H groups in total. The molecule has 168 valence electrons. The van der Waals surface area contributed by atoms with Gasteiger partial charge in [0.2, 0.25) is 10.0 Å². The molecule has 7 nitrogen and oxygen atoms in total. The van der Waals surface area contributed by atoms with Crippen molar-refractivity contribution in [3.05, 3.63) is 59.7 Å². The number of benzene rings is 2. The Labute approximate surface area is 194 Å². The van der Waals surface area contributed by atoms with Crippen molar-refractivity contribution in [2.75, 3.05) is 26.2 Å². The third kappa shape index (κ3) is 4.98. The highest BCUT2D eigenvalue weighted by Crippen LogP contribution is 2.42. The zero-order valence-electron chi connectivity index (χ0n) is 18.2. The number of rotatable bonds is 4. The number of piperidine rings is 1. The quantitative estimate of drug-likeness (QED) is 0.624. The van der Waals surface area contributed by atoms with E-state index in [4.69, 9.17) is 15.3 Å². The molecule has 0 amide bonds. The summed E-state index contributed by atoms with van der Waals surface area (Å²) in [5.74, 6) is 0. The van der Waals surface area contributed by atoms with Gasteiger partial charge >= 0.3 is 0 Å². The third-order valence-electron chi connectivity index (χ3n) is 5.44. The van der Waals surface area contributed by atoms with E-state index in [1.54, 1.807) is 24.1 Å². The van der Waals surface area contributed by atoms with Gasteiger partial charge in [-0.2, -0.15) is 14.8 Å². The molecule has 2 aromatic carbocycles. The minimum atomic E-state index is -3.60. The molecule has 2 saturated heterocycles. The summed E-state index contributed by atoms with van der Waals surface area (Å²) in [4.78, 5) is 1.22. The minimum Gasteiger partial charge on any atom is -0.358 e. The van der Waals surface area contributed by atoms with Crippen molar-refractivity contribution in [1.29, 1.82) is 10.5 Å². The zero-order chi connectivity index (χ0) is 23.2. The molecule has 2 aliphatic rings. The van der Waals surface area contributed by atoms with Crippen molar-refractivity contribution >= 4 is 22.0 Å². The fourth-order valence-electron chi connectivity index (χ4n) is 3.76. The highest BCUT2D eigenvalue weighted by atomic mass is 32.2. The SMILES string of the molecule is CC.N#Cc1ccc(SN2CCOC23CCN(S(=O)(=O)c2ccc(C#N)cc2)CC3)cc1. The van der Waals surface area contributed by atoms with Gasteiger partial charge in [0.05, 0.1) is 34.8 Å². The minimum absolute atomic E-state index is 0.202. The van der Waals surface area contributed by atoms with Crippen LogP contribution >= 0.6 is 11.9 Å². The maximum Gasteiger partial charge on any atom is 0.243 e. The van der Waals surface area contributed by atoms with Gasteiger partial charge in [-0.3, -0.25) is 0 Å². The van der Waals surface area contributed by atoms with E-state index >= 15 is 0 Å². The second-order valence-electron chi connectivity index (χ2n) is 7.16. The lowest BCUT2D eigenvalue weighted by Gasteiger charge is -2.42. The second kappa shape index (κ2) is 10.5. The Balaban J connectivity index is 0.00000141. The number of nitriles is 2. The maximum atomic E-state index is 13.0. The van der Waals surface area contributed by atoms with Crippen LogP contribution in [0.2, 0.25) is 0 Å². The van der Waals surface area contributed by atoms with Gasteiger partial charge in [-0.05, 0) is 60.5 Å². The molecular weight excluding hydrogens is 444 g/mol. The number of hydrogen-bond donors (Lipinski definition) is 0. The summed E-state index contributed by atoms with van der Waals surface area (Å²) < 4.78 is 35.8. The van der Waals surface area contributed by atoms with Crippen LogP contribution in [0, 0.1) is 22.7 Å². The molecule has 1 spiro atoms. The highest BCUT2D eigenvalue weighted by Gasteiger charge is 2.47. The first-order valence-electron chi connectivity index (χ1n) is 10.6. The average molecular weight is 471 g/mol. The number of nitrogens with zero attached hydrogens (tertiary/aromatic N) is 4. The van der Waals surface area contributed by atoms with Gasteiger partial charge in [0.25, 0.3) is 0 Å². The summed E-state index contributed by atoms with van der Waals surface area (Å²) in [5, 5.41) is 17.9. The maximum absolute atomic E-state index is 13.0. The molecule has 2 aromatic rings. The van der Waals surface area contributed by atoms with Crippen molar-refractivity contribution in [3.8, 4) is 12.1 Å². The monoisotopic (exact) mass is 470 g/mol. The van der Waals surface area contributed by atoms with Crippen LogP contribution in [0.3, 0.4) is 0 Å². The lowest BCUT2D eigenvalue weighted by Crippen LogP contribution is -2.52. The van der Waals surface area contributed by atoms with Crippen LogP contribution in [0.5, 0.6) is 0 Å². The molecule has 0 aliphatic carbocycles. The van der Waals surface area contributed by atoms with Gasteiger partial charge in [-0.15, -0.1) is 0 Å². The van der Waals surface area contributed by atoms with Crippen molar-refractivity contribution in [1.82, 2.24) is 8.61 Å². The van der Waals surface area contributed by atoms with Crippen molar-refractivity contribution < 1.29 is 13.2 Å². The molecule has 2 aliphatic heterocycles. The average Bonchev–Trinajstić information content (AvgIpc) is 3.22. The van der Waals surface area contributed by atoms with Crippen LogP contribution < -0.4 is 0 Å². The van der Waals surface area contributed by atoms with Gasteiger partial charge in [-0.1, -0.05) is 13.8 Å². The van der Waals surface area contributed by atoms with E-state index in [1.807, 2.05) is 32.0 Å². The molecule has 0 unspecified atom stereocenters. The van der Waals surface area contributed by atoms with Crippen molar-refractivity contribution in [2.24, 2.45) is 0 Å². The third-order valence-corrected chi connectivity index (χ3v) is 8.58. The van der Waals surface area contributed by atoms with Crippen LogP contribution in [-0.4, -0.2) is 49.0 Å². The Bertz CT molecular complexity index is 1100. The summed E-state index contributed by atoms with van der Waals surface area (Å²) in [6.45, 7) is 6.10. The smallest absolute Gasteiger partial charge is 0.243 e. The first-order valence-corrected chi connectivity index (χ1v) is 12.8. The predicted molar refractivity (Wildman–Crippen MR) is 123 cm³/mol. The summed E-state index contributed by atoms with van der Waals surface area (Å²) in [5.41, 5.74) is 0.560. The Morgan fingerprint density at radius 2 is 1.44 bits per heavy atom. The molecule has 2 fully saturated rings. The summed E-state index contributed by atoms with van der Waals surface area (Å²) in [7, 11) is -3.60. The number of sulfonamides is 1. The van der Waals surface area contributed by atoms with Gasteiger partial charge in [0.15, 0.2) is 0 Å². The van der Waals surface area contributed by atoms with E-state index in [2.05, 4.69) is 10.4 Å². The second-order valence-corrected chi connectivity index (χ2v) is 10.2. The molecule has 0 saturated carbocycles. The standard InChI is InChI=1S/C21H20N4O3S2.C2H6/c22-15-17-1-5-19(6-2-17)29-25-13-14-28-21(25)9-11-24(12-10-21)30(26,27)20-7-3-18(16-23)4-8-20;1-2/h1-8H,9-14H2;1-2H3. The molecule has 0 aromatic heterocycles. The Kier molecular flexibility index (Phi) is 7.94. The van der Waals surface area contributed by atoms with Gasteiger partial charge in [0.1, 0.15) is 5.72 Å². The Morgan fingerprint density at radius 1 is 0.906 bits per heavy atom. The fourth-order valence-corrected chi connectivity index (χ4v) is 6.28.